The quantitative estimate of drug-likeness (QED) is 0.798. The predicted molar refractivity (Wildman–Crippen MR) is 69.4 cm³/mol. The van der Waals surface area contributed by atoms with Gasteiger partial charge in [0.25, 0.3) is 0 Å². The fourth-order valence-corrected chi connectivity index (χ4v) is 1.88. The third-order valence-corrected chi connectivity index (χ3v) is 2.93. The number of hydrogen-bond acceptors (Lipinski definition) is 2. The van der Waals surface area contributed by atoms with Crippen molar-refractivity contribution in [3.63, 3.8) is 0 Å². The maximum atomic E-state index is 5.15. The molecule has 88 valence electrons. The third kappa shape index (κ3) is 3.06. The molecule has 0 aliphatic carbocycles. The second-order valence-corrected chi connectivity index (χ2v) is 4.20. The van der Waals surface area contributed by atoms with Crippen molar-refractivity contribution in [1.82, 2.24) is 4.98 Å². The molecule has 0 radical (unpaired) electrons. The lowest BCUT2D eigenvalue weighted by molar-refractivity contribution is 0.414. The number of hydrogen-bond donors (Lipinski definition) is 0. The van der Waals surface area contributed by atoms with Gasteiger partial charge in [-0.15, -0.1) is 0 Å². The van der Waals surface area contributed by atoms with Crippen LogP contribution in [-0.4, -0.2) is 12.1 Å². The number of nitrogens with zero attached hydrogens (tertiary/aromatic N) is 1. The Morgan fingerprint density at radius 2 is 1.88 bits per heavy atom. The van der Waals surface area contributed by atoms with E-state index in [1.165, 1.54) is 5.56 Å². The van der Waals surface area contributed by atoms with Gasteiger partial charge in [-0.25, -0.2) is 0 Å². The Bertz CT molecular complexity index is 450. The van der Waals surface area contributed by atoms with Crippen LogP contribution in [0, 0.1) is 0 Å². The van der Waals surface area contributed by atoms with Crippen LogP contribution in [0.15, 0.2) is 48.7 Å². The fraction of sp³-hybridized carbons (Fsp3) is 0.267. The van der Waals surface area contributed by atoms with Gasteiger partial charge in [-0.2, -0.15) is 0 Å². The topological polar surface area (TPSA) is 22.1 Å². The highest BCUT2D eigenvalue weighted by Gasteiger charge is 2.07. The molecule has 1 atom stereocenters. The maximum absolute atomic E-state index is 5.15. The minimum Gasteiger partial charge on any atom is -0.497 e. The summed E-state index contributed by atoms with van der Waals surface area (Å²) in [5.41, 5.74) is 2.45. The first-order valence-corrected chi connectivity index (χ1v) is 5.83. The van der Waals surface area contributed by atoms with Gasteiger partial charge in [0.2, 0.25) is 0 Å². The molecule has 0 N–H and O–H groups in total. The molecule has 0 amide bonds. The largest absolute Gasteiger partial charge is 0.497 e. The molecule has 0 aliphatic rings. The number of rotatable bonds is 4. The molecule has 0 saturated heterocycles. The average Bonchev–Trinajstić information content (AvgIpc) is 2.40. The summed E-state index contributed by atoms with van der Waals surface area (Å²) in [6.45, 7) is 2.22. The van der Waals surface area contributed by atoms with Gasteiger partial charge in [0, 0.05) is 11.9 Å². The van der Waals surface area contributed by atoms with E-state index in [1.54, 1.807) is 7.11 Å². The van der Waals surface area contributed by atoms with Gasteiger partial charge in [-0.3, -0.25) is 4.98 Å². The van der Waals surface area contributed by atoms with E-state index in [1.807, 2.05) is 30.5 Å². The first-order chi connectivity index (χ1) is 8.29. The second-order valence-electron chi connectivity index (χ2n) is 4.20. The Hall–Kier alpha value is -1.83. The Balaban J connectivity index is 2.06. The fourth-order valence-electron chi connectivity index (χ4n) is 1.88. The van der Waals surface area contributed by atoms with Crippen LogP contribution in [0.2, 0.25) is 0 Å². The number of methoxy groups -OCH3 is 1. The van der Waals surface area contributed by atoms with Crippen LogP contribution in [0.1, 0.15) is 24.1 Å². The van der Waals surface area contributed by atoms with E-state index in [9.17, 15) is 0 Å². The monoisotopic (exact) mass is 227 g/mol. The van der Waals surface area contributed by atoms with E-state index in [2.05, 4.69) is 30.1 Å². The predicted octanol–water partition coefficient (Wildman–Crippen LogP) is 3.44. The van der Waals surface area contributed by atoms with Crippen molar-refractivity contribution in [2.45, 2.75) is 19.3 Å². The molecule has 2 aromatic rings. The lowest BCUT2D eigenvalue weighted by Gasteiger charge is -2.11. The summed E-state index contributed by atoms with van der Waals surface area (Å²) >= 11 is 0. The average molecular weight is 227 g/mol. The van der Waals surface area contributed by atoms with Crippen LogP contribution in [0.25, 0.3) is 0 Å². The van der Waals surface area contributed by atoms with Crippen molar-refractivity contribution < 1.29 is 4.74 Å². The minimum atomic E-state index is 0.468. The van der Waals surface area contributed by atoms with E-state index >= 15 is 0 Å². The SMILES string of the molecule is COc1ccc([C@H](C)Cc2ccccn2)cc1. The molecule has 0 spiro atoms. The highest BCUT2D eigenvalue weighted by molar-refractivity contribution is 5.29. The molecule has 1 aromatic heterocycles. The number of aromatic nitrogens is 1. The van der Waals surface area contributed by atoms with Gasteiger partial charge in [0.1, 0.15) is 5.75 Å². The van der Waals surface area contributed by atoms with Crippen molar-refractivity contribution in [3.05, 3.63) is 59.9 Å². The van der Waals surface area contributed by atoms with Gasteiger partial charge in [0.15, 0.2) is 0 Å². The molecule has 17 heavy (non-hydrogen) atoms. The molecule has 0 bridgehead atoms. The molecular formula is C15H17NO. The Kier molecular flexibility index (Phi) is 3.76. The molecule has 2 nitrogen and oxygen atoms in total. The van der Waals surface area contributed by atoms with E-state index in [-0.39, 0.29) is 0 Å². The van der Waals surface area contributed by atoms with Crippen LogP contribution in [0.3, 0.4) is 0 Å². The smallest absolute Gasteiger partial charge is 0.118 e. The Labute approximate surface area is 102 Å². The first-order valence-electron chi connectivity index (χ1n) is 5.83. The summed E-state index contributed by atoms with van der Waals surface area (Å²) in [7, 11) is 1.69. The van der Waals surface area contributed by atoms with Crippen molar-refractivity contribution in [3.8, 4) is 5.75 Å². The summed E-state index contributed by atoms with van der Waals surface area (Å²) in [6.07, 6.45) is 2.81. The standard InChI is InChI=1S/C15H17NO/c1-12(11-14-5-3-4-10-16-14)13-6-8-15(17-2)9-7-13/h3-10,12H,11H2,1-2H3/t12-/m1/s1. The molecule has 2 heteroatoms. The zero-order valence-electron chi connectivity index (χ0n) is 10.3. The van der Waals surface area contributed by atoms with Crippen LogP contribution < -0.4 is 4.74 Å². The van der Waals surface area contributed by atoms with Crippen molar-refractivity contribution in [2.24, 2.45) is 0 Å². The number of pyridine rings is 1. The molecule has 0 aliphatic heterocycles. The van der Waals surface area contributed by atoms with Crippen LogP contribution in [-0.2, 0) is 6.42 Å². The number of benzene rings is 1. The second kappa shape index (κ2) is 5.48. The summed E-state index contributed by atoms with van der Waals surface area (Å²) in [5.74, 6) is 1.37. The van der Waals surface area contributed by atoms with Crippen molar-refractivity contribution in [1.29, 1.82) is 0 Å². The summed E-state index contributed by atoms with van der Waals surface area (Å²) < 4.78 is 5.15. The highest BCUT2D eigenvalue weighted by Crippen LogP contribution is 2.21. The first kappa shape index (κ1) is 11.6. The zero-order chi connectivity index (χ0) is 12.1. The maximum Gasteiger partial charge on any atom is 0.118 e. The molecule has 2 rings (SSSR count). The third-order valence-electron chi connectivity index (χ3n) is 2.93. The summed E-state index contributed by atoms with van der Waals surface area (Å²) in [6, 6.07) is 14.3. The Morgan fingerprint density at radius 3 is 2.47 bits per heavy atom. The summed E-state index contributed by atoms with van der Waals surface area (Å²) in [4.78, 5) is 4.35. The normalized spacial score (nSPS) is 12.1. The molecule has 0 unspecified atom stereocenters. The Morgan fingerprint density at radius 1 is 1.12 bits per heavy atom. The van der Waals surface area contributed by atoms with Gasteiger partial charge in [-0.1, -0.05) is 25.1 Å². The van der Waals surface area contributed by atoms with Crippen molar-refractivity contribution in [2.75, 3.05) is 7.11 Å². The minimum absolute atomic E-state index is 0.468. The van der Waals surface area contributed by atoms with E-state index in [0.29, 0.717) is 5.92 Å². The van der Waals surface area contributed by atoms with E-state index < -0.39 is 0 Å². The van der Waals surface area contributed by atoms with Crippen molar-refractivity contribution >= 4 is 0 Å². The van der Waals surface area contributed by atoms with Gasteiger partial charge in [-0.05, 0) is 42.2 Å². The highest BCUT2D eigenvalue weighted by atomic mass is 16.5. The van der Waals surface area contributed by atoms with Crippen LogP contribution in [0.5, 0.6) is 5.75 Å². The van der Waals surface area contributed by atoms with Crippen LogP contribution >= 0.6 is 0 Å². The lowest BCUT2D eigenvalue weighted by Crippen LogP contribution is -2.00. The molecule has 0 fully saturated rings. The molecule has 1 heterocycles. The summed E-state index contributed by atoms with van der Waals surface area (Å²) in [5, 5.41) is 0. The van der Waals surface area contributed by atoms with Gasteiger partial charge < -0.3 is 4.74 Å². The molecule has 1 aromatic carbocycles. The number of ether oxygens (including phenoxy) is 1. The zero-order valence-corrected chi connectivity index (χ0v) is 10.3. The van der Waals surface area contributed by atoms with Gasteiger partial charge >= 0.3 is 0 Å². The lowest BCUT2D eigenvalue weighted by atomic mass is 9.96. The molecule has 0 saturated carbocycles. The van der Waals surface area contributed by atoms with E-state index in [0.717, 1.165) is 17.9 Å². The van der Waals surface area contributed by atoms with Gasteiger partial charge in [0.05, 0.1) is 7.11 Å². The van der Waals surface area contributed by atoms with Crippen LogP contribution in [0.4, 0.5) is 0 Å². The molecular weight excluding hydrogens is 210 g/mol. The van der Waals surface area contributed by atoms with E-state index in [4.69, 9.17) is 4.74 Å².